The van der Waals surface area contributed by atoms with E-state index in [1.54, 1.807) is 0 Å². The molecule has 0 bridgehead atoms. The lowest BCUT2D eigenvalue weighted by molar-refractivity contribution is 0.320. The van der Waals surface area contributed by atoms with Gasteiger partial charge in [-0.2, -0.15) is 0 Å². The Bertz CT molecular complexity index is 393. The van der Waals surface area contributed by atoms with Gasteiger partial charge in [-0.25, -0.2) is 8.42 Å². The predicted molar refractivity (Wildman–Crippen MR) is 90.4 cm³/mol. The van der Waals surface area contributed by atoms with Crippen LogP contribution in [0.5, 0.6) is 0 Å². The van der Waals surface area contributed by atoms with Gasteiger partial charge in [-0.15, -0.1) is 0 Å². The van der Waals surface area contributed by atoms with E-state index in [1.807, 2.05) is 0 Å². The predicted octanol–water partition coefficient (Wildman–Crippen LogP) is 3.94. The van der Waals surface area contributed by atoms with Crippen LogP contribution in [0.25, 0.3) is 0 Å². The van der Waals surface area contributed by atoms with Gasteiger partial charge in [-0.3, -0.25) is 4.18 Å². The maximum absolute atomic E-state index is 10.2. The number of rotatable bonds is 14. The van der Waals surface area contributed by atoms with Crippen molar-refractivity contribution in [2.75, 3.05) is 6.61 Å². The van der Waals surface area contributed by atoms with E-state index in [9.17, 15) is 8.42 Å². The van der Waals surface area contributed by atoms with E-state index in [0.29, 0.717) is 18.8 Å². The second-order valence-corrected chi connectivity index (χ2v) is 6.47. The maximum Gasteiger partial charge on any atom is 0.257 e. The first-order chi connectivity index (χ1) is 10.7. The van der Waals surface area contributed by atoms with Crippen LogP contribution < -0.4 is 0 Å². The van der Waals surface area contributed by atoms with Crippen molar-refractivity contribution in [1.82, 2.24) is 0 Å². The highest BCUT2D eigenvalue weighted by atomic mass is 32.2. The molecule has 1 saturated heterocycles. The van der Waals surface area contributed by atoms with Gasteiger partial charge in [0.05, 0.1) is 18.8 Å². The van der Waals surface area contributed by atoms with Crippen molar-refractivity contribution in [3.05, 3.63) is 24.3 Å². The summed E-state index contributed by atoms with van der Waals surface area (Å²) < 4.78 is 30.2. The average Bonchev–Trinajstić information content (AvgIpc) is 3.18. The molecule has 1 rings (SSSR count). The number of hydrogen-bond acceptors (Lipinski definition) is 4. The normalized spacial score (nSPS) is 21.4. The van der Waals surface area contributed by atoms with Gasteiger partial charge < -0.3 is 4.74 Å². The molecule has 0 aromatic rings. The van der Waals surface area contributed by atoms with E-state index in [4.69, 9.17) is 4.74 Å². The molecule has 0 spiro atoms. The minimum Gasteiger partial charge on any atom is -0.370 e. The van der Waals surface area contributed by atoms with Crippen molar-refractivity contribution in [1.29, 1.82) is 0 Å². The molecule has 128 valence electrons. The van der Waals surface area contributed by atoms with Gasteiger partial charge in [0.25, 0.3) is 11.0 Å². The molecule has 0 N–H and O–H groups in total. The minimum absolute atomic E-state index is 0.334. The summed E-state index contributed by atoms with van der Waals surface area (Å²) in [5.74, 6) is 0. The third-order valence-electron chi connectivity index (χ3n) is 3.77. The van der Waals surface area contributed by atoms with E-state index < -0.39 is 11.0 Å². The lowest BCUT2D eigenvalue weighted by atomic mass is 10.1. The van der Waals surface area contributed by atoms with Crippen LogP contribution in [0.2, 0.25) is 0 Å². The largest absolute Gasteiger partial charge is 0.370 e. The van der Waals surface area contributed by atoms with Crippen LogP contribution in [-0.2, 0) is 19.9 Å². The minimum atomic E-state index is -2.66. The molecule has 2 atom stereocenters. The first-order valence-corrected chi connectivity index (χ1v) is 9.52. The van der Waals surface area contributed by atoms with Gasteiger partial charge in [0.2, 0.25) is 0 Å². The molecule has 22 heavy (non-hydrogen) atoms. The summed E-state index contributed by atoms with van der Waals surface area (Å²) in [5, 5.41) is 0. The van der Waals surface area contributed by atoms with Crippen molar-refractivity contribution in [2.45, 2.75) is 76.9 Å². The number of ether oxygens (including phenoxy) is 1. The van der Waals surface area contributed by atoms with Crippen LogP contribution in [0.4, 0.5) is 0 Å². The van der Waals surface area contributed by atoms with Crippen LogP contribution in [-0.4, -0.2) is 27.2 Å². The molecular formula is C17H30O4S. The Morgan fingerprint density at radius 3 is 2.27 bits per heavy atom. The zero-order valence-corrected chi connectivity index (χ0v) is 14.5. The number of unbranched alkanes of at least 4 members (excludes halogenated alkanes) is 6. The average molecular weight is 330 g/mol. The quantitative estimate of drug-likeness (QED) is 0.227. The molecule has 0 amide bonds. The summed E-state index contributed by atoms with van der Waals surface area (Å²) >= 11 is 0. The first kappa shape index (κ1) is 19.4. The topological polar surface area (TPSA) is 55.9 Å². The van der Waals surface area contributed by atoms with E-state index in [1.165, 1.54) is 19.3 Å². The molecule has 0 aromatic heterocycles. The highest BCUT2D eigenvalue weighted by Crippen LogP contribution is 2.24. The fraction of sp³-hybridized carbons (Fsp3) is 0.765. The zero-order valence-electron chi connectivity index (χ0n) is 13.6. The third-order valence-corrected chi connectivity index (χ3v) is 4.17. The molecule has 1 aliphatic heterocycles. The Balaban J connectivity index is 1.76. The van der Waals surface area contributed by atoms with Crippen LogP contribution >= 0.6 is 0 Å². The van der Waals surface area contributed by atoms with Crippen LogP contribution in [0.1, 0.15) is 64.7 Å². The molecule has 5 heteroatoms. The van der Waals surface area contributed by atoms with E-state index in [0.717, 1.165) is 38.5 Å². The second kappa shape index (κ2) is 12.9. The molecule has 4 nitrogen and oxygen atoms in total. The molecule has 2 unspecified atom stereocenters. The Hall–Kier alpha value is -0.650. The van der Waals surface area contributed by atoms with E-state index in [-0.39, 0.29) is 0 Å². The van der Waals surface area contributed by atoms with Crippen LogP contribution in [0.15, 0.2) is 24.3 Å². The number of thiol groups is 1. The lowest BCUT2D eigenvalue weighted by Crippen LogP contribution is -1.92. The Morgan fingerprint density at radius 2 is 1.59 bits per heavy atom. The standard InChI is InChI=1S/C17H30O4S/c1-16-17(21-16)14-12-10-8-6-4-2-3-5-7-9-11-13-15-20-22(18)19/h4,6,10,12,16-17,22H,2-3,5,7-9,11,13-15H2,1H3. The van der Waals surface area contributed by atoms with E-state index >= 15 is 0 Å². The van der Waals surface area contributed by atoms with Gasteiger partial charge in [-0.05, 0) is 39.0 Å². The summed E-state index contributed by atoms with van der Waals surface area (Å²) in [5.41, 5.74) is 0. The second-order valence-electron chi connectivity index (χ2n) is 5.76. The summed E-state index contributed by atoms with van der Waals surface area (Å²) in [6.45, 7) is 2.45. The fourth-order valence-electron chi connectivity index (χ4n) is 2.31. The highest BCUT2D eigenvalue weighted by molar-refractivity contribution is 7.67. The monoisotopic (exact) mass is 330 g/mol. The Morgan fingerprint density at radius 1 is 0.955 bits per heavy atom. The SMILES string of the molecule is CC1OC1CC=CCC=CCCCCCCCCO[SH](=O)=O. The van der Waals surface area contributed by atoms with Crippen molar-refractivity contribution >= 4 is 11.0 Å². The van der Waals surface area contributed by atoms with Crippen molar-refractivity contribution in [3.8, 4) is 0 Å². The summed E-state index contributed by atoms with van der Waals surface area (Å²) in [6, 6.07) is 0. The molecule has 0 radical (unpaired) electrons. The molecule has 1 aliphatic rings. The molecule has 1 heterocycles. The summed E-state index contributed by atoms with van der Waals surface area (Å²) in [7, 11) is -2.66. The lowest BCUT2D eigenvalue weighted by Gasteiger charge is -1.99. The molecule has 1 fully saturated rings. The van der Waals surface area contributed by atoms with Gasteiger partial charge in [-0.1, -0.05) is 50.0 Å². The fourth-order valence-corrected chi connectivity index (χ4v) is 2.59. The smallest absolute Gasteiger partial charge is 0.257 e. The molecule has 0 aliphatic carbocycles. The van der Waals surface area contributed by atoms with Crippen LogP contribution in [0, 0.1) is 0 Å². The van der Waals surface area contributed by atoms with Gasteiger partial charge in [0, 0.05) is 0 Å². The number of allylic oxidation sites excluding steroid dienone is 3. The Kier molecular flexibility index (Phi) is 11.3. The van der Waals surface area contributed by atoms with Gasteiger partial charge >= 0.3 is 0 Å². The Labute approximate surface area is 136 Å². The molecule has 0 saturated carbocycles. The van der Waals surface area contributed by atoms with Crippen molar-refractivity contribution < 1.29 is 17.3 Å². The van der Waals surface area contributed by atoms with Gasteiger partial charge in [0.15, 0.2) is 0 Å². The van der Waals surface area contributed by atoms with Crippen molar-refractivity contribution in [2.24, 2.45) is 0 Å². The first-order valence-electron chi connectivity index (χ1n) is 8.43. The summed E-state index contributed by atoms with van der Waals surface area (Å²) in [6.07, 6.45) is 19.8. The third kappa shape index (κ3) is 12.0. The van der Waals surface area contributed by atoms with Crippen molar-refractivity contribution in [3.63, 3.8) is 0 Å². The maximum atomic E-state index is 10.2. The summed E-state index contributed by atoms with van der Waals surface area (Å²) in [4.78, 5) is 0. The van der Waals surface area contributed by atoms with Gasteiger partial charge in [0.1, 0.15) is 0 Å². The number of hydrogen-bond donors (Lipinski definition) is 1. The van der Waals surface area contributed by atoms with E-state index in [2.05, 4.69) is 35.4 Å². The zero-order chi connectivity index (χ0) is 16.0. The molecule has 0 aromatic carbocycles. The molecular weight excluding hydrogens is 300 g/mol. The van der Waals surface area contributed by atoms with Crippen LogP contribution in [0.3, 0.4) is 0 Å². The highest BCUT2D eigenvalue weighted by Gasteiger charge is 2.32. The number of epoxide rings is 1.